The van der Waals surface area contributed by atoms with Gasteiger partial charge in [-0.3, -0.25) is 4.79 Å². The van der Waals surface area contributed by atoms with Crippen LogP contribution in [0.2, 0.25) is 0 Å². The average molecular weight is 127 g/mol. The minimum Gasteiger partial charge on any atom is -0.366 e. The van der Waals surface area contributed by atoms with Crippen molar-refractivity contribution in [3.63, 3.8) is 0 Å². The second-order valence-corrected chi connectivity index (χ2v) is 2.04. The zero-order valence-electron chi connectivity index (χ0n) is 5.98. The van der Waals surface area contributed by atoms with Gasteiger partial charge in [-0.15, -0.1) is 0 Å². The quantitative estimate of drug-likeness (QED) is 0.569. The lowest BCUT2D eigenvalue weighted by molar-refractivity contribution is -0.114. The molecule has 1 amide bonds. The summed E-state index contributed by atoms with van der Waals surface area (Å²) in [6.07, 6.45) is 3.86. The molecule has 0 bridgehead atoms. The van der Waals surface area contributed by atoms with Crippen LogP contribution >= 0.6 is 0 Å². The smallest absolute Gasteiger partial charge is 0.244 e. The van der Waals surface area contributed by atoms with Crippen molar-refractivity contribution in [3.05, 3.63) is 11.6 Å². The molecule has 0 aliphatic carbocycles. The van der Waals surface area contributed by atoms with Gasteiger partial charge in [0, 0.05) is 5.57 Å². The van der Waals surface area contributed by atoms with Gasteiger partial charge in [-0.25, -0.2) is 0 Å². The second-order valence-electron chi connectivity index (χ2n) is 2.04. The minimum absolute atomic E-state index is 0.316. The number of amides is 1. The zero-order chi connectivity index (χ0) is 7.28. The normalized spacial score (nSPS) is 11.6. The second kappa shape index (κ2) is 4.13. The Bertz CT molecular complexity index is 127. The van der Waals surface area contributed by atoms with E-state index in [2.05, 4.69) is 6.92 Å². The molecule has 2 N–H and O–H groups in total. The number of rotatable bonds is 3. The molecule has 0 spiro atoms. The van der Waals surface area contributed by atoms with Crippen LogP contribution in [-0.2, 0) is 4.79 Å². The Morgan fingerprint density at radius 3 is 2.56 bits per heavy atom. The summed E-state index contributed by atoms with van der Waals surface area (Å²) in [5.41, 5.74) is 5.63. The maximum atomic E-state index is 10.4. The summed E-state index contributed by atoms with van der Waals surface area (Å²) in [4.78, 5) is 10.4. The predicted molar refractivity (Wildman–Crippen MR) is 37.9 cm³/mol. The van der Waals surface area contributed by atoms with E-state index in [1.807, 2.05) is 6.08 Å². The number of hydrogen-bond acceptors (Lipinski definition) is 1. The fourth-order valence-electron chi connectivity index (χ4n) is 0.461. The van der Waals surface area contributed by atoms with Crippen LogP contribution in [-0.4, -0.2) is 5.91 Å². The Balaban J connectivity index is 3.69. The van der Waals surface area contributed by atoms with E-state index >= 15 is 0 Å². The van der Waals surface area contributed by atoms with Gasteiger partial charge in [-0.05, 0) is 13.3 Å². The first-order valence-electron chi connectivity index (χ1n) is 3.15. The van der Waals surface area contributed by atoms with E-state index in [0.29, 0.717) is 5.57 Å². The topological polar surface area (TPSA) is 43.1 Å². The summed E-state index contributed by atoms with van der Waals surface area (Å²) >= 11 is 0. The third-order valence-corrected chi connectivity index (χ3v) is 1.13. The fourth-order valence-corrected chi connectivity index (χ4v) is 0.461. The van der Waals surface area contributed by atoms with E-state index in [0.717, 1.165) is 12.8 Å². The largest absolute Gasteiger partial charge is 0.366 e. The van der Waals surface area contributed by atoms with Gasteiger partial charge in [0.25, 0.3) is 0 Å². The highest BCUT2D eigenvalue weighted by molar-refractivity contribution is 5.91. The number of nitrogens with two attached hydrogens (primary N) is 1. The first-order chi connectivity index (χ1) is 4.18. The van der Waals surface area contributed by atoms with E-state index in [9.17, 15) is 4.79 Å². The predicted octanol–water partition coefficient (Wildman–Crippen LogP) is 1.22. The Kier molecular flexibility index (Phi) is 3.76. The van der Waals surface area contributed by atoms with E-state index in [1.165, 1.54) is 0 Å². The van der Waals surface area contributed by atoms with Crippen LogP contribution in [0.1, 0.15) is 26.7 Å². The molecule has 0 unspecified atom stereocenters. The Hall–Kier alpha value is -0.790. The number of allylic oxidation sites excluding steroid dienone is 1. The molecule has 0 heterocycles. The van der Waals surface area contributed by atoms with E-state index in [4.69, 9.17) is 5.73 Å². The molecule has 9 heavy (non-hydrogen) atoms. The molecular formula is C7H13NO. The summed E-state index contributed by atoms with van der Waals surface area (Å²) in [7, 11) is 0. The molecule has 0 radical (unpaired) electrons. The van der Waals surface area contributed by atoms with Crippen molar-refractivity contribution in [1.29, 1.82) is 0 Å². The van der Waals surface area contributed by atoms with E-state index < -0.39 is 0 Å². The van der Waals surface area contributed by atoms with Crippen molar-refractivity contribution in [1.82, 2.24) is 0 Å². The first-order valence-corrected chi connectivity index (χ1v) is 3.15. The molecule has 0 aliphatic heterocycles. The Morgan fingerprint density at radius 1 is 1.67 bits per heavy atom. The summed E-state index contributed by atoms with van der Waals surface area (Å²) in [5.74, 6) is -0.316. The van der Waals surface area contributed by atoms with Crippen molar-refractivity contribution >= 4 is 5.91 Å². The van der Waals surface area contributed by atoms with Crippen LogP contribution in [0.5, 0.6) is 0 Å². The highest BCUT2D eigenvalue weighted by Gasteiger charge is 1.93. The lowest BCUT2D eigenvalue weighted by Gasteiger charge is -1.90. The van der Waals surface area contributed by atoms with Crippen LogP contribution in [0, 0.1) is 0 Å². The van der Waals surface area contributed by atoms with Gasteiger partial charge in [0.15, 0.2) is 0 Å². The Morgan fingerprint density at radius 2 is 2.22 bits per heavy atom. The number of carbonyl (C=O) groups is 1. The van der Waals surface area contributed by atoms with E-state index in [-0.39, 0.29) is 5.91 Å². The maximum Gasteiger partial charge on any atom is 0.244 e. The van der Waals surface area contributed by atoms with Crippen molar-refractivity contribution in [3.8, 4) is 0 Å². The average Bonchev–Trinajstić information content (AvgIpc) is 1.82. The maximum absolute atomic E-state index is 10.4. The molecule has 0 aliphatic rings. The lowest BCUT2D eigenvalue weighted by atomic mass is 10.2. The molecule has 0 rings (SSSR count). The van der Waals surface area contributed by atoms with Gasteiger partial charge in [0.2, 0.25) is 5.91 Å². The third kappa shape index (κ3) is 3.76. The van der Waals surface area contributed by atoms with Gasteiger partial charge >= 0.3 is 0 Å². The molecule has 52 valence electrons. The van der Waals surface area contributed by atoms with Gasteiger partial charge in [0.1, 0.15) is 0 Å². The Labute approximate surface area is 55.7 Å². The van der Waals surface area contributed by atoms with E-state index in [1.54, 1.807) is 6.92 Å². The monoisotopic (exact) mass is 127 g/mol. The molecule has 0 aromatic heterocycles. The standard InChI is InChI=1S/C7H13NO/c1-3-4-5-6(2)7(8)9/h5H,3-4H2,1-2H3,(H2,8,9). The van der Waals surface area contributed by atoms with Crippen LogP contribution in [0.4, 0.5) is 0 Å². The molecule has 0 atom stereocenters. The summed E-state index contributed by atoms with van der Waals surface area (Å²) in [6, 6.07) is 0. The highest BCUT2D eigenvalue weighted by Crippen LogP contribution is 1.95. The first kappa shape index (κ1) is 8.21. The third-order valence-electron chi connectivity index (χ3n) is 1.13. The number of primary amides is 1. The van der Waals surface area contributed by atoms with Gasteiger partial charge in [-0.2, -0.15) is 0 Å². The summed E-state index contributed by atoms with van der Waals surface area (Å²) in [5, 5.41) is 0. The van der Waals surface area contributed by atoms with Crippen molar-refractivity contribution in [2.24, 2.45) is 5.73 Å². The number of carbonyl (C=O) groups excluding carboxylic acids is 1. The van der Waals surface area contributed by atoms with Crippen LogP contribution in [0.3, 0.4) is 0 Å². The van der Waals surface area contributed by atoms with Crippen molar-refractivity contribution in [2.75, 3.05) is 0 Å². The lowest BCUT2D eigenvalue weighted by Crippen LogP contribution is -2.11. The van der Waals surface area contributed by atoms with Gasteiger partial charge in [-0.1, -0.05) is 19.4 Å². The van der Waals surface area contributed by atoms with Crippen molar-refractivity contribution < 1.29 is 4.79 Å². The highest BCUT2D eigenvalue weighted by atomic mass is 16.1. The van der Waals surface area contributed by atoms with Crippen molar-refractivity contribution in [2.45, 2.75) is 26.7 Å². The minimum atomic E-state index is -0.316. The van der Waals surface area contributed by atoms with Gasteiger partial charge in [0.05, 0.1) is 0 Å². The van der Waals surface area contributed by atoms with Gasteiger partial charge < -0.3 is 5.73 Å². The molecule has 0 saturated heterocycles. The molecule has 0 saturated carbocycles. The number of hydrogen-bond donors (Lipinski definition) is 1. The fraction of sp³-hybridized carbons (Fsp3) is 0.571. The van der Waals surface area contributed by atoms with Crippen LogP contribution in [0.15, 0.2) is 11.6 Å². The number of unbranched alkanes of at least 4 members (excludes halogenated alkanes) is 1. The molecule has 0 aromatic rings. The molecule has 0 aromatic carbocycles. The summed E-state index contributed by atoms with van der Waals surface area (Å²) < 4.78 is 0. The van der Waals surface area contributed by atoms with Crippen LogP contribution in [0.25, 0.3) is 0 Å². The molecular weight excluding hydrogens is 114 g/mol. The zero-order valence-corrected chi connectivity index (χ0v) is 5.98. The molecule has 0 fully saturated rings. The SMILES string of the molecule is CCCC=C(C)C(N)=O. The summed E-state index contributed by atoms with van der Waals surface area (Å²) in [6.45, 7) is 3.79. The molecule has 2 heteroatoms. The van der Waals surface area contributed by atoms with Crippen LogP contribution < -0.4 is 5.73 Å². The molecule has 2 nitrogen and oxygen atoms in total.